The quantitative estimate of drug-likeness (QED) is 0.410. The molecule has 0 aromatic rings. The minimum atomic E-state index is 0.714. The molecule has 0 heterocycles. The average Bonchev–Trinajstić information content (AvgIpc) is 2.46. The van der Waals surface area contributed by atoms with Gasteiger partial charge in [0.1, 0.15) is 5.76 Å². The molecule has 108 valence electrons. The number of nitrogens with two attached hydrogens (primary N) is 1. The molecular formula is C16H27NOS. The van der Waals surface area contributed by atoms with Crippen LogP contribution in [0.1, 0.15) is 39.0 Å². The Kier molecular flexibility index (Phi) is 9.64. The van der Waals surface area contributed by atoms with Crippen LogP contribution in [0.4, 0.5) is 0 Å². The molecule has 0 aliphatic heterocycles. The zero-order valence-corrected chi connectivity index (χ0v) is 12.8. The van der Waals surface area contributed by atoms with E-state index in [4.69, 9.17) is 10.5 Å². The third-order valence-electron chi connectivity index (χ3n) is 3.23. The maximum absolute atomic E-state index is 5.94. The van der Waals surface area contributed by atoms with Crippen molar-refractivity contribution >= 4 is 11.8 Å². The van der Waals surface area contributed by atoms with Crippen molar-refractivity contribution < 1.29 is 4.74 Å². The largest absolute Gasteiger partial charge is 0.493 e. The molecule has 1 aliphatic rings. The summed E-state index contributed by atoms with van der Waals surface area (Å²) in [5, 5.41) is 2.07. The highest BCUT2D eigenvalue weighted by Crippen LogP contribution is 2.24. The van der Waals surface area contributed by atoms with Gasteiger partial charge in [0.15, 0.2) is 0 Å². The van der Waals surface area contributed by atoms with E-state index in [0.717, 1.165) is 24.0 Å². The van der Waals surface area contributed by atoms with E-state index < -0.39 is 0 Å². The summed E-state index contributed by atoms with van der Waals surface area (Å²) in [6.45, 7) is 3.59. The second kappa shape index (κ2) is 11.2. The predicted octanol–water partition coefficient (Wildman–Crippen LogP) is 4.25. The summed E-state index contributed by atoms with van der Waals surface area (Å²) in [5.74, 6) is 2.65. The number of ether oxygens (including phenoxy) is 1. The molecule has 0 aromatic heterocycles. The van der Waals surface area contributed by atoms with Crippen molar-refractivity contribution in [3.63, 3.8) is 0 Å². The molecule has 1 rings (SSSR count). The van der Waals surface area contributed by atoms with Gasteiger partial charge in [0, 0.05) is 12.3 Å². The third kappa shape index (κ3) is 8.17. The maximum atomic E-state index is 5.94. The fourth-order valence-electron chi connectivity index (χ4n) is 2.16. The van der Waals surface area contributed by atoms with E-state index in [1.807, 2.05) is 31.2 Å². The van der Waals surface area contributed by atoms with Gasteiger partial charge in [0.25, 0.3) is 0 Å². The van der Waals surface area contributed by atoms with E-state index in [1.54, 1.807) is 11.8 Å². The summed E-state index contributed by atoms with van der Waals surface area (Å²) in [6, 6.07) is 0. The Bertz CT molecular complexity index is 304. The van der Waals surface area contributed by atoms with Gasteiger partial charge in [0.05, 0.1) is 6.61 Å². The van der Waals surface area contributed by atoms with Gasteiger partial charge in [0.2, 0.25) is 0 Å². The molecule has 19 heavy (non-hydrogen) atoms. The summed E-state index contributed by atoms with van der Waals surface area (Å²) in [4.78, 5) is 0. The Balaban J connectivity index is 2.37. The normalized spacial score (nSPS) is 18.5. The first kappa shape index (κ1) is 16.4. The molecule has 0 spiro atoms. The lowest BCUT2D eigenvalue weighted by Crippen LogP contribution is -2.12. The second-order valence-corrected chi connectivity index (χ2v) is 5.89. The first-order chi connectivity index (χ1) is 9.36. The van der Waals surface area contributed by atoms with Crippen molar-refractivity contribution in [2.24, 2.45) is 11.7 Å². The van der Waals surface area contributed by atoms with Crippen LogP contribution < -0.4 is 5.73 Å². The van der Waals surface area contributed by atoms with Gasteiger partial charge in [-0.2, -0.15) is 0 Å². The third-order valence-corrected chi connectivity index (χ3v) is 4.03. The Morgan fingerprint density at radius 1 is 1.32 bits per heavy atom. The van der Waals surface area contributed by atoms with Crippen LogP contribution in [0.2, 0.25) is 0 Å². The highest BCUT2D eigenvalue weighted by atomic mass is 32.2. The van der Waals surface area contributed by atoms with Crippen molar-refractivity contribution in [3.8, 4) is 0 Å². The van der Waals surface area contributed by atoms with Gasteiger partial charge in [-0.1, -0.05) is 31.4 Å². The number of thioether (sulfide) groups is 1. The molecule has 1 aliphatic carbocycles. The highest BCUT2D eigenvalue weighted by molar-refractivity contribution is 8.02. The summed E-state index contributed by atoms with van der Waals surface area (Å²) >= 11 is 1.73. The van der Waals surface area contributed by atoms with E-state index in [2.05, 4.69) is 5.41 Å². The molecule has 0 aromatic carbocycles. The van der Waals surface area contributed by atoms with E-state index in [0.29, 0.717) is 6.54 Å². The number of rotatable bonds is 8. The Morgan fingerprint density at radius 3 is 2.79 bits per heavy atom. The zero-order valence-electron chi connectivity index (χ0n) is 12.0. The van der Waals surface area contributed by atoms with Crippen LogP contribution in [0.5, 0.6) is 0 Å². The van der Waals surface area contributed by atoms with Crippen LogP contribution >= 0.6 is 11.8 Å². The Morgan fingerprint density at radius 2 is 2.11 bits per heavy atom. The lowest BCUT2D eigenvalue weighted by atomic mass is 9.90. The van der Waals surface area contributed by atoms with Crippen molar-refractivity contribution in [3.05, 3.63) is 35.5 Å². The minimum Gasteiger partial charge on any atom is -0.493 e. The molecule has 2 N–H and O–H groups in total. The topological polar surface area (TPSA) is 35.2 Å². The monoisotopic (exact) mass is 281 g/mol. The smallest absolute Gasteiger partial charge is 0.119 e. The molecule has 0 saturated heterocycles. The second-order valence-electron chi connectivity index (χ2n) is 4.87. The first-order valence-corrected chi connectivity index (χ1v) is 8.35. The number of hydrogen-bond donors (Lipinski definition) is 1. The average molecular weight is 281 g/mol. The van der Waals surface area contributed by atoms with Gasteiger partial charge < -0.3 is 10.5 Å². The molecule has 1 fully saturated rings. The van der Waals surface area contributed by atoms with E-state index >= 15 is 0 Å². The Labute approximate surface area is 122 Å². The van der Waals surface area contributed by atoms with Gasteiger partial charge in [-0.3, -0.25) is 0 Å². The van der Waals surface area contributed by atoms with Gasteiger partial charge >= 0.3 is 0 Å². The lowest BCUT2D eigenvalue weighted by Gasteiger charge is -2.21. The summed E-state index contributed by atoms with van der Waals surface area (Å²) in [5.41, 5.74) is 5.47. The summed E-state index contributed by atoms with van der Waals surface area (Å²) < 4.78 is 5.94. The lowest BCUT2D eigenvalue weighted by molar-refractivity contribution is 0.150. The van der Waals surface area contributed by atoms with Crippen LogP contribution in [0.3, 0.4) is 0 Å². The highest BCUT2D eigenvalue weighted by Gasteiger charge is 2.13. The van der Waals surface area contributed by atoms with Gasteiger partial charge in [-0.25, -0.2) is 0 Å². The summed E-state index contributed by atoms with van der Waals surface area (Å²) in [6.07, 6.45) is 14.9. The summed E-state index contributed by atoms with van der Waals surface area (Å²) in [7, 11) is 0. The van der Waals surface area contributed by atoms with Gasteiger partial charge in [-0.05, 0) is 43.2 Å². The predicted molar refractivity (Wildman–Crippen MR) is 86.1 cm³/mol. The number of hydrogen-bond acceptors (Lipinski definition) is 3. The molecule has 1 saturated carbocycles. The van der Waals surface area contributed by atoms with Crippen LogP contribution in [-0.2, 0) is 4.74 Å². The standard InChI is InChI=1S/C16H27NOS/c1-2-3-9-16(10-12-19-13-11-17)18-14-15-7-5-4-6-8-15/h2-3,9-10,12,15H,4-8,11,13-14,17H2,1H3/b3-2-,12-10+,16-9+. The van der Waals surface area contributed by atoms with Crippen LogP contribution in [-0.4, -0.2) is 18.9 Å². The maximum Gasteiger partial charge on any atom is 0.119 e. The van der Waals surface area contributed by atoms with Crippen molar-refractivity contribution in [1.29, 1.82) is 0 Å². The molecule has 0 atom stereocenters. The molecular weight excluding hydrogens is 254 g/mol. The molecule has 0 bridgehead atoms. The SMILES string of the molecule is C\C=C/C=C(\C=C\SCCN)OCC1CCCCC1. The molecule has 2 nitrogen and oxygen atoms in total. The van der Waals surface area contributed by atoms with Gasteiger partial charge in [-0.15, -0.1) is 11.8 Å². The molecule has 0 amide bonds. The minimum absolute atomic E-state index is 0.714. The van der Waals surface area contributed by atoms with Crippen LogP contribution in [0.15, 0.2) is 35.5 Å². The van der Waals surface area contributed by atoms with E-state index in [-0.39, 0.29) is 0 Å². The molecule has 0 unspecified atom stereocenters. The fraction of sp³-hybridized carbons (Fsp3) is 0.625. The Hall–Kier alpha value is -0.670. The van der Waals surface area contributed by atoms with Crippen molar-refractivity contribution in [1.82, 2.24) is 0 Å². The molecule has 3 heteroatoms. The van der Waals surface area contributed by atoms with Crippen molar-refractivity contribution in [2.75, 3.05) is 18.9 Å². The van der Waals surface area contributed by atoms with Crippen LogP contribution in [0.25, 0.3) is 0 Å². The van der Waals surface area contributed by atoms with E-state index in [1.165, 1.54) is 32.1 Å². The zero-order chi connectivity index (χ0) is 13.8. The van der Waals surface area contributed by atoms with Crippen molar-refractivity contribution in [2.45, 2.75) is 39.0 Å². The fourth-order valence-corrected chi connectivity index (χ4v) is 2.66. The first-order valence-electron chi connectivity index (χ1n) is 7.30. The number of allylic oxidation sites excluding steroid dienone is 4. The van der Waals surface area contributed by atoms with E-state index in [9.17, 15) is 0 Å². The molecule has 0 radical (unpaired) electrons. The van der Waals surface area contributed by atoms with Crippen LogP contribution in [0, 0.1) is 5.92 Å².